The summed E-state index contributed by atoms with van der Waals surface area (Å²) in [6, 6.07) is 9.78. The second-order valence-corrected chi connectivity index (χ2v) is 5.65. The summed E-state index contributed by atoms with van der Waals surface area (Å²) in [4.78, 5) is 0.769. The van der Waals surface area contributed by atoms with Crippen LogP contribution in [0.1, 0.15) is 5.56 Å². The number of benzene rings is 2. The Bertz CT molecular complexity index is 534. The number of hydrogen-bond acceptors (Lipinski definition) is 2. The lowest BCUT2D eigenvalue weighted by Gasteiger charge is -2.07. The van der Waals surface area contributed by atoms with Crippen molar-refractivity contribution in [2.45, 2.75) is 16.3 Å². The molecule has 2 aromatic carbocycles. The number of nitrogens with two attached hydrogens (primary N) is 1. The summed E-state index contributed by atoms with van der Waals surface area (Å²) in [5.41, 5.74) is 5.81. The van der Waals surface area contributed by atoms with E-state index in [1.807, 2.05) is 12.1 Å². The van der Waals surface area contributed by atoms with Crippen molar-refractivity contribution in [2.75, 3.05) is 0 Å². The highest BCUT2D eigenvalue weighted by Gasteiger charge is 2.12. The number of hydrogen-bond donors (Lipinski definition) is 1. The maximum atomic E-state index is 13.7. The molecule has 0 heterocycles. The van der Waals surface area contributed by atoms with Gasteiger partial charge in [0, 0.05) is 15.9 Å². The minimum Gasteiger partial charge on any atom is -0.326 e. The molecule has 0 amide bonds. The monoisotopic (exact) mass is 329 g/mol. The first kappa shape index (κ1) is 13.5. The second kappa shape index (κ2) is 5.82. The molecule has 0 aliphatic rings. The van der Waals surface area contributed by atoms with E-state index in [0.717, 1.165) is 21.1 Å². The Kier molecular flexibility index (Phi) is 4.37. The highest BCUT2D eigenvalue weighted by Crippen LogP contribution is 2.33. The molecule has 0 saturated heterocycles. The van der Waals surface area contributed by atoms with E-state index in [1.165, 1.54) is 12.1 Å². The van der Waals surface area contributed by atoms with Crippen LogP contribution in [0.2, 0.25) is 0 Å². The van der Waals surface area contributed by atoms with Gasteiger partial charge in [0.15, 0.2) is 0 Å². The van der Waals surface area contributed by atoms with Crippen LogP contribution in [0.5, 0.6) is 0 Å². The third-order valence-electron chi connectivity index (χ3n) is 2.33. The van der Waals surface area contributed by atoms with Gasteiger partial charge in [0.2, 0.25) is 0 Å². The zero-order valence-corrected chi connectivity index (χ0v) is 11.7. The molecule has 0 bridgehead atoms. The fourth-order valence-electron chi connectivity index (χ4n) is 1.45. The fraction of sp³-hybridized carbons (Fsp3) is 0.0769. The highest BCUT2D eigenvalue weighted by atomic mass is 79.9. The highest BCUT2D eigenvalue weighted by molar-refractivity contribution is 9.10. The topological polar surface area (TPSA) is 26.0 Å². The normalized spacial score (nSPS) is 10.7. The van der Waals surface area contributed by atoms with Crippen molar-refractivity contribution in [1.82, 2.24) is 0 Å². The molecule has 18 heavy (non-hydrogen) atoms. The lowest BCUT2D eigenvalue weighted by molar-refractivity contribution is 0.537. The summed E-state index contributed by atoms with van der Waals surface area (Å²) in [7, 11) is 0. The van der Waals surface area contributed by atoms with E-state index >= 15 is 0 Å². The Morgan fingerprint density at radius 1 is 1.06 bits per heavy atom. The van der Waals surface area contributed by atoms with Crippen LogP contribution in [0.3, 0.4) is 0 Å². The van der Waals surface area contributed by atoms with Gasteiger partial charge >= 0.3 is 0 Å². The summed E-state index contributed by atoms with van der Waals surface area (Å²) in [5, 5.41) is 0. The Morgan fingerprint density at radius 2 is 1.61 bits per heavy atom. The maximum Gasteiger partial charge on any atom is 0.140 e. The SMILES string of the molecule is NCc1cc(F)c(Sc2ccc(Br)cc2)c(F)c1. The van der Waals surface area contributed by atoms with E-state index in [0.29, 0.717) is 5.56 Å². The largest absolute Gasteiger partial charge is 0.326 e. The Labute approximate surface area is 117 Å². The Morgan fingerprint density at radius 3 is 2.11 bits per heavy atom. The van der Waals surface area contributed by atoms with Gasteiger partial charge in [0.05, 0.1) is 4.90 Å². The molecule has 0 saturated carbocycles. The average molecular weight is 330 g/mol. The van der Waals surface area contributed by atoms with E-state index < -0.39 is 11.6 Å². The van der Waals surface area contributed by atoms with Crippen molar-refractivity contribution in [3.05, 3.63) is 58.1 Å². The van der Waals surface area contributed by atoms with Gasteiger partial charge < -0.3 is 5.73 Å². The number of halogens is 3. The molecule has 0 aliphatic heterocycles. The second-order valence-electron chi connectivity index (χ2n) is 3.65. The van der Waals surface area contributed by atoms with E-state index in [1.54, 1.807) is 12.1 Å². The van der Waals surface area contributed by atoms with Crippen LogP contribution < -0.4 is 5.73 Å². The molecule has 2 N–H and O–H groups in total. The van der Waals surface area contributed by atoms with Gasteiger partial charge in [-0.15, -0.1) is 0 Å². The molecule has 0 radical (unpaired) electrons. The van der Waals surface area contributed by atoms with Gasteiger partial charge in [-0.05, 0) is 42.0 Å². The van der Waals surface area contributed by atoms with Crippen LogP contribution in [0.15, 0.2) is 50.7 Å². The van der Waals surface area contributed by atoms with Crippen LogP contribution in [0.4, 0.5) is 8.78 Å². The predicted octanol–water partition coefficient (Wildman–Crippen LogP) is 4.34. The first-order valence-electron chi connectivity index (χ1n) is 5.21. The van der Waals surface area contributed by atoms with Gasteiger partial charge in [-0.1, -0.05) is 27.7 Å². The molecule has 2 aromatic rings. The van der Waals surface area contributed by atoms with Crippen LogP contribution in [-0.4, -0.2) is 0 Å². The third-order valence-corrected chi connectivity index (χ3v) is 3.96. The summed E-state index contributed by atoms with van der Waals surface area (Å²) >= 11 is 4.36. The molecule has 5 heteroatoms. The molecule has 0 aromatic heterocycles. The molecule has 0 aliphatic carbocycles. The van der Waals surface area contributed by atoms with Crippen LogP contribution in [0.25, 0.3) is 0 Å². The van der Waals surface area contributed by atoms with Gasteiger partial charge in [-0.2, -0.15) is 0 Å². The quantitative estimate of drug-likeness (QED) is 0.906. The molecule has 1 nitrogen and oxygen atoms in total. The zero-order chi connectivity index (χ0) is 13.1. The van der Waals surface area contributed by atoms with E-state index in [9.17, 15) is 8.78 Å². The molecule has 2 rings (SSSR count). The van der Waals surface area contributed by atoms with E-state index in [2.05, 4.69) is 15.9 Å². The van der Waals surface area contributed by atoms with Crippen molar-refractivity contribution in [1.29, 1.82) is 0 Å². The van der Waals surface area contributed by atoms with Crippen molar-refractivity contribution in [3.8, 4) is 0 Å². The molecule has 0 spiro atoms. The lowest BCUT2D eigenvalue weighted by atomic mass is 10.2. The van der Waals surface area contributed by atoms with Crippen LogP contribution >= 0.6 is 27.7 Å². The standard InChI is InChI=1S/C13H10BrF2NS/c14-9-1-3-10(4-2-9)18-13-11(15)5-8(7-17)6-12(13)16/h1-6H,7,17H2. The van der Waals surface area contributed by atoms with Crippen LogP contribution in [-0.2, 0) is 6.54 Å². The van der Waals surface area contributed by atoms with E-state index in [4.69, 9.17) is 5.73 Å². The smallest absolute Gasteiger partial charge is 0.140 e. The summed E-state index contributed by atoms with van der Waals surface area (Å²) in [6.45, 7) is 0.122. The third kappa shape index (κ3) is 3.10. The molecule has 0 unspecified atom stereocenters. The van der Waals surface area contributed by atoms with Gasteiger partial charge in [0.1, 0.15) is 11.6 Å². The predicted molar refractivity (Wildman–Crippen MR) is 72.5 cm³/mol. The maximum absolute atomic E-state index is 13.7. The fourth-order valence-corrected chi connectivity index (χ4v) is 2.53. The van der Waals surface area contributed by atoms with Crippen LogP contribution in [0, 0.1) is 11.6 Å². The Hall–Kier alpha value is -0.910. The van der Waals surface area contributed by atoms with Crippen molar-refractivity contribution in [3.63, 3.8) is 0 Å². The molecular formula is C13H10BrF2NS. The minimum atomic E-state index is -0.580. The van der Waals surface area contributed by atoms with Gasteiger partial charge in [0.25, 0.3) is 0 Å². The van der Waals surface area contributed by atoms with Crippen molar-refractivity contribution < 1.29 is 8.78 Å². The molecule has 0 fully saturated rings. The van der Waals surface area contributed by atoms with Crippen molar-refractivity contribution in [2.24, 2.45) is 5.73 Å². The molecular weight excluding hydrogens is 320 g/mol. The average Bonchev–Trinajstić information content (AvgIpc) is 2.35. The summed E-state index contributed by atoms with van der Waals surface area (Å²) < 4.78 is 28.4. The minimum absolute atomic E-state index is 0.00507. The molecule has 0 atom stereocenters. The van der Waals surface area contributed by atoms with Crippen molar-refractivity contribution >= 4 is 27.7 Å². The first-order chi connectivity index (χ1) is 8.60. The van der Waals surface area contributed by atoms with Gasteiger partial charge in [-0.25, -0.2) is 8.78 Å². The molecule has 94 valence electrons. The lowest BCUT2D eigenvalue weighted by Crippen LogP contribution is -1.99. The number of rotatable bonds is 3. The van der Waals surface area contributed by atoms with E-state index in [-0.39, 0.29) is 11.4 Å². The summed E-state index contributed by atoms with van der Waals surface area (Å²) in [5.74, 6) is -1.16. The van der Waals surface area contributed by atoms with Gasteiger partial charge in [-0.3, -0.25) is 0 Å². The zero-order valence-electron chi connectivity index (χ0n) is 9.29. The summed E-state index contributed by atoms with van der Waals surface area (Å²) in [6.07, 6.45) is 0. The first-order valence-corrected chi connectivity index (χ1v) is 6.82. The Balaban J connectivity index is 2.31.